The molecular weight excluding hydrogens is 482 g/mol. The SMILES string of the molecule is CC(Br)C(=O)N1N=C(c2cc(F)ccc2F)CC1(COC1CCCCO1)c1ccccc1. The van der Waals surface area contributed by atoms with Gasteiger partial charge in [0, 0.05) is 18.6 Å². The van der Waals surface area contributed by atoms with Crippen molar-refractivity contribution < 1.29 is 23.0 Å². The van der Waals surface area contributed by atoms with Crippen molar-refractivity contribution in [3.05, 3.63) is 71.3 Å². The Kier molecular flexibility index (Phi) is 7.02. The van der Waals surface area contributed by atoms with Crippen LogP contribution in [0.15, 0.2) is 53.6 Å². The molecule has 1 amide bonds. The van der Waals surface area contributed by atoms with E-state index in [1.54, 1.807) is 6.92 Å². The normalized spacial score (nSPS) is 24.3. The maximum absolute atomic E-state index is 14.6. The van der Waals surface area contributed by atoms with Crippen molar-refractivity contribution in [2.24, 2.45) is 5.10 Å². The summed E-state index contributed by atoms with van der Waals surface area (Å²) >= 11 is 3.34. The molecule has 2 aliphatic rings. The second-order valence-electron chi connectivity index (χ2n) is 8.12. The topological polar surface area (TPSA) is 51.1 Å². The molecule has 0 spiro atoms. The van der Waals surface area contributed by atoms with E-state index in [-0.39, 0.29) is 30.8 Å². The Hall–Kier alpha value is -2.16. The van der Waals surface area contributed by atoms with Gasteiger partial charge in [0.2, 0.25) is 0 Å². The smallest absolute Gasteiger partial charge is 0.257 e. The predicted molar refractivity (Wildman–Crippen MR) is 120 cm³/mol. The quantitative estimate of drug-likeness (QED) is 0.510. The van der Waals surface area contributed by atoms with E-state index in [9.17, 15) is 13.6 Å². The number of hydrazone groups is 1. The number of hydrogen-bond acceptors (Lipinski definition) is 4. The molecule has 8 heteroatoms. The first kappa shape index (κ1) is 23.0. The third-order valence-corrected chi connectivity index (χ3v) is 6.22. The summed E-state index contributed by atoms with van der Waals surface area (Å²) in [6.45, 7) is 2.44. The number of hydrogen-bond donors (Lipinski definition) is 0. The summed E-state index contributed by atoms with van der Waals surface area (Å²) in [5, 5.41) is 5.88. The zero-order chi connectivity index (χ0) is 22.7. The van der Waals surface area contributed by atoms with E-state index in [0.717, 1.165) is 43.0 Å². The lowest BCUT2D eigenvalue weighted by Gasteiger charge is -2.38. The van der Waals surface area contributed by atoms with Crippen LogP contribution in [0.3, 0.4) is 0 Å². The van der Waals surface area contributed by atoms with Gasteiger partial charge in [-0.1, -0.05) is 46.3 Å². The average molecular weight is 507 g/mol. The molecule has 5 nitrogen and oxygen atoms in total. The van der Waals surface area contributed by atoms with Gasteiger partial charge < -0.3 is 9.47 Å². The fourth-order valence-corrected chi connectivity index (χ4v) is 4.34. The van der Waals surface area contributed by atoms with Gasteiger partial charge in [0.15, 0.2) is 6.29 Å². The standard InChI is InChI=1S/C24H25BrF2N2O3/c1-16(25)23(30)29-24(17-7-3-2-4-8-17,15-32-22-9-5-6-12-31-22)14-21(28-29)19-13-18(26)10-11-20(19)27/h2-4,7-8,10-11,13,16,22H,5-6,9,12,14-15H2,1H3. The highest BCUT2D eigenvalue weighted by Crippen LogP contribution is 2.41. The van der Waals surface area contributed by atoms with Crippen LogP contribution in [0.25, 0.3) is 0 Å². The van der Waals surface area contributed by atoms with E-state index in [0.29, 0.717) is 12.3 Å². The molecule has 0 N–H and O–H groups in total. The molecule has 0 bridgehead atoms. The van der Waals surface area contributed by atoms with Crippen LogP contribution < -0.4 is 0 Å². The van der Waals surface area contributed by atoms with E-state index >= 15 is 0 Å². The number of rotatable bonds is 6. The monoisotopic (exact) mass is 506 g/mol. The van der Waals surface area contributed by atoms with Gasteiger partial charge in [-0.05, 0) is 49.9 Å². The number of benzene rings is 2. The molecule has 3 unspecified atom stereocenters. The minimum absolute atomic E-state index is 0.0387. The Labute approximate surface area is 194 Å². The van der Waals surface area contributed by atoms with Crippen molar-refractivity contribution in [1.82, 2.24) is 5.01 Å². The van der Waals surface area contributed by atoms with Crippen LogP contribution in [0.5, 0.6) is 0 Å². The van der Waals surface area contributed by atoms with E-state index in [1.165, 1.54) is 5.01 Å². The fraction of sp³-hybridized carbons (Fsp3) is 0.417. The molecule has 1 saturated heterocycles. The van der Waals surface area contributed by atoms with Crippen LogP contribution in [0.4, 0.5) is 8.78 Å². The predicted octanol–water partition coefficient (Wildman–Crippen LogP) is 5.12. The zero-order valence-electron chi connectivity index (χ0n) is 17.8. The zero-order valence-corrected chi connectivity index (χ0v) is 19.4. The number of nitrogens with zero attached hydrogens (tertiary/aromatic N) is 2. The van der Waals surface area contributed by atoms with Gasteiger partial charge in [0.25, 0.3) is 5.91 Å². The lowest BCUT2D eigenvalue weighted by atomic mass is 9.84. The first-order chi connectivity index (χ1) is 15.4. The molecule has 2 heterocycles. The molecule has 4 rings (SSSR count). The Balaban J connectivity index is 1.77. The van der Waals surface area contributed by atoms with E-state index in [4.69, 9.17) is 9.47 Å². The van der Waals surface area contributed by atoms with Gasteiger partial charge >= 0.3 is 0 Å². The molecule has 170 valence electrons. The molecule has 0 radical (unpaired) electrons. The Bertz CT molecular complexity index is 996. The molecule has 1 fully saturated rings. The summed E-state index contributed by atoms with van der Waals surface area (Å²) < 4.78 is 40.4. The Morgan fingerprint density at radius 2 is 2.06 bits per heavy atom. The number of ether oxygens (including phenoxy) is 2. The van der Waals surface area contributed by atoms with Gasteiger partial charge in [-0.15, -0.1) is 0 Å². The second-order valence-corrected chi connectivity index (χ2v) is 9.49. The molecule has 2 aromatic carbocycles. The maximum Gasteiger partial charge on any atom is 0.257 e. The summed E-state index contributed by atoms with van der Waals surface area (Å²) in [5.41, 5.74) is 0.111. The summed E-state index contributed by atoms with van der Waals surface area (Å²) in [4.78, 5) is 12.7. The number of alkyl halides is 1. The minimum Gasteiger partial charge on any atom is -0.353 e. The number of amides is 1. The first-order valence-corrected chi connectivity index (χ1v) is 11.6. The van der Waals surface area contributed by atoms with Crippen LogP contribution in [0.1, 0.15) is 43.7 Å². The van der Waals surface area contributed by atoms with Crippen molar-refractivity contribution in [1.29, 1.82) is 0 Å². The first-order valence-electron chi connectivity index (χ1n) is 10.7. The van der Waals surface area contributed by atoms with E-state index in [1.807, 2.05) is 30.3 Å². The van der Waals surface area contributed by atoms with Crippen molar-refractivity contribution in [3.63, 3.8) is 0 Å². The van der Waals surface area contributed by atoms with Gasteiger partial charge in [-0.3, -0.25) is 4.79 Å². The molecule has 32 heavy (non-hydrogen) atoms. The van der Waals surface area contributed by atoms with Crippen LogP contribution in [-0.4, -0.2) is 41.0 Å². The summed E-state index contributed by atoms with van der Waals surface area (Å²) in [7, 11) is 0. The Morgan fingerprint density at radius 1 is 1.28 bits per heavy atom. The number of halogens is 3. The van der Waals surface area contributed by atoms with Crippen molar-refractivity contribution in [2.75, 3.05) is 13.2 Å². The number of carbonyl (C=O) groups excluding carboxylic acids is 1. The molecule has 0 aliphatic carbocycles. The minimum atomic E-state index is -1.02. The Morgan fingerprint density at radius 3 is 2.75 bits per heavy atom. The molecular formula is C24H25BrF2N2O3. The van der Waals surface area contributed by atoms with Gasteiger partial charge in [0.05, 0.1) is 17.1 Å². The van der Waals surface area contributed by atoms with Crippen LogP contribution in [0.2, 0.25) is 0 Å². The van der Waals surface area contributed by atoms with Crippen molar-refractivity contribution in [3.8, 4) is 0 Å². The maximum atomic E-state index is 14.6. The molecule has 2 aromatic rings. The lowest BCUT2D eigenvalue weighted by molar-refractivity contribution is -0.184. The van der Waals surface area contributed by atoms with E-state index in [2.05, 4.69) is 21.0 Å². The van der Waals surface area contributed by atoms with Gasteiger partial charge in [-0.25, -0.2) is 13.8 Å². The third kappa shape index (κ3) is 4.63. The summed E-state index contributed by atoms with van der Waals surface area (Å²) in [6.07, 6.45) is 2.55. The van der Waals surface area contributed by atoms with E-state index < -0.39 is 22.0 Å². The molecule has 0 saturated carbocycles. The lowest BCUT2D eigenvalue weighted by Crippen LogP contribution is -2.49. The van der Waals surface area contributed by atoms with Crippen molar-refractivity contribution in [2.45, 2.75) is 49.3 Å². The highest BCUT2D eigenvalue weighted by atomic mass is 79.9. The number of carbonyl (C=O) groups is 1. The third-order valence-electron chi connectivity index (χ3n) is 5.83. The molecule has 0 aromatic heterocycles. The summed E-state index contributed by atoms with van der Waals surface area (Å²) in [6, 6.07) is 12.7. The van der Waals surface area contributed by atoms with Crippen LogP contribution in [-0.2, 0) is 19.8 Å². The van der Waals surface area contributed by atoms with Crippen LogP contribution >= 0.6 is 15.9 Å². The summed E-state index contributed by atoms with van der Waals surface area (Å²) in [5.74, 6) is -1.46. The molecule has 3 atom stereocenters. The van der Waals surface area contributed by atoms with Crippen LogP contribution in [0, 0.1) is 11.6 Å². The highest BCUT2D eigenvalue weighted by Gasteiger charge is 2.49. The second kappa shape index (κ2) is 9.77. The van der Waals surface area contributed by atoms with Crippen molar-refractivity contribution >= 4 is 27.5 Å². The highest BCUT2D eigenvalue weighted by molar-refractivity contribution is 9.10. The molecule has 2 aliphatic heterocycles. The average Bonchev–Trinajstić information content (AvgIpc) is 3.20. The van der Waals surface area contributed by atoms with Gasteiger partial charge in [0.1, 0.15) is 17.2 Å². The van der Waals surface area contributed by atoms with Gasteiger partial charge in [-0.2, -0.15) is 5.10 Å². The largest absolute Gasteiger partial charge is 0.353 e. The fourth-order valence-electron chi connectivity index (χ4n) is 4.14.